The Hall–Kier alpha value is -1.93. The molecule has 0 spiro atoms. The van der Waals surface area contributed by atoms with E-state index in [1.807, 2.05) is 25.1 Å². The summed E-state index contributed by atoms with van der Waals surface area (Å²) in [4.78, 5) is 14.8. The Morgan fingerprint density at radius 3 is 3.05 bits per heavy atom. The first-order chi connectivity index (χ1) is 9.58. The van der Waals surface area contributed by atoms with E-state index in [0.717, 1.165) is 16.0 Å². The summed E-state index contributed by atoms with van der Waals surface area (Å²) in [6.45, 7) is 2.31. The minimum atomic E-state index is -0.972. The molecule has 0 aliphatic heterocycles. The van der Waals surface area contributed by atoms with Gasteiger partial charge in [-0.1, -0.05) is 11.3 Å². The van der Waals surface area contributed by atoms with Gasteiger partial charge in [-0.05, 0) is 37.3 Å². The zero-order valence-electron chi connectivity index (χ0n) is 10.7. The number of fused-ring (bicyclic) bond motifs is 1. The number of benzene rings is 1. The molecule has 0 unspecified atom stereocenters. The molecule has 2 aromatic rings. The zero-order chi connectivity index (χ0) is 14.5. The van der Waals surface area contributed by atoms with E-state index < -0.39 is 5.97 Å². The van der Waals surface area contributed by atoms with Crippen LogP contribution in [0.4, 0.5) is 5.13 Å². The summed E-state index contributed by atoms with van der Waals surface area (Å²) in [6, 6.07) is 5.64. The number of thiocarbonyl (C=S) groups is 1. The Balaban J connectivity index is 2.07. The van der Waals surface area contributed by atoms with Crippen molar-refractivity contribution in [2.75, 3.05) is 18.5 Å². The van der Waals surface area contributed by atoms with Crippen LogP contribution in [-0.4, -0.2) is 34.3 Å². The predicted octanol–water partition coefficient (Wildman–Crippen LogP) is 2.07. The molecule has 1 aromatic carbocycles. The molecule has 0 saturated heterocycles. The average Bonchev–Trinajstić information content (AvgIpc) is 2.78. The molecule has 1 heterocycles. The van der Waals surface area contributed by atoms with Crippen molar-refractivity contribution in [3.63, 3.8) is 0 Å². The Morgan fingerprint density at radius 1 is 1.55 bits per heavy atom. The number of carbonyl (C=O) groups is 1. The highest BCUT2D eigenvalue weighted by Gasteiger charge is 2.07. The third-order valence-corrected chi connectivity index (χ3v) is 3.47. The first kappa shape index (κ1) is 14.5. The van der Waals surface area contributed by atoms with Gasteiger partial charge in [0.1, 0.15) is 12.3 Å². The van der Waals surface area contributed by atoms with E-state index in [1.54, 1.807) is 0 Å². The maximum absolute atomic E-state index is 10.4. The molecule has 1 aromatic heterocycles. The second-order valence-electron chi connectivity index (χ2n) is 3.78. The largest absolute Gasteiger partial charge is 0.494 e. The lowest BCUT2D eigenvalue weighted by Gasteiger charge is -2.04. The van der Waals surface area contributed by atoms with Crippen molar-refractivity contribution < 1.29 is 14.6 Å². The summed E-state index contributed by atoms with van der Waals surface area (Å²) < 4.78 is 6.40. The van der Waals surface area contributed by atoms with Crippen molar-refractivity contribution >= 4 is 50.0 Å². The lowest BCUT2D eigenvalue weighted by Crippen LogP contribution is -2.32. The standard InChI is InChI=1S/C12H13N3O3S2/c1-2-18-7-3-4-8-9(5-7)20-12(14-8)15-11(19)13-6-10(16)17/h3-5H,2,6H2,1H3,(H,16,17)(H2,13,14,15,19). The summed E-state index contributed by atoms with van der Waals surface area (Å²) in [5.41, 5.74) is 0.835. The number of ether oxygens (including phenoxy) is 1. The summed E-state index contributed by atoms with van der Waals surface area (Å²) in [7, 11) is 0. The molecule has 3 N–H and O–H groups in total. The van der Waals surface area contributed by atoms with Crippen LogP contribution in [0.25, 0.3) is 10.2 Å². The van der Waals surface area contributed by atoms with E-state index in [2.05, 4.69) is 15.6 Å². The average molecular weight is 311 g/mol. The Labute approximate surface area is 124 Å². The SMILES string of the molecule is CCOc1ccc2nc(NC(=S)NCC(=O)O)sc2c1. The van der Waals surface area contributed by atoms with E-state index in [1.165, 1.54) is 11.3 Å². The van der Waals surface area contributed by atoms with E-state index in [-0.39, 0.29) is 11.7 Å². The molecule has 0 bridgehead atoms. The van der Waals surface area contributed by atoms with Gasteiger partial charge in [0, 0.05) is 0 Å². The van der Waals surface area contributed by atoms with Crippen molar-refractivity contribution in [2.24, 2.45) is 0 Å². The third kappa shape index (κ3) is 3.78. The fourth-order valence-corrected chi connectivity index (χ4v) is 2.64. The number of nitrogens with zero attached hydrogens (tertiary/aromatic N) is 1. The van der Waals surface area contributed by atoms with Crippen LogP contribution in [0.5, 0.6) is 5.75 Å². The Bertz CT molecular complexity index is 642. The fourth-order valence-electron chi connectivity index (χ4n) is 1.51. The summed E-state index contributed by atoms with van der Waals surface area (Å²) in [6.07, 6.45) is 0. The number of aliphatic carboxylic acids is 1. The molecule has 0 radical (unpaired) electrons. The van der Waals surface area contributed by atoms with Gasteiger partial charge >= 0.3 is 5.97 Å². The van der Waals surface area contributed by atoms with Crippen LogP contribution < -0.4 is 15.4 Å². The first-order valence-electron chi connectivity index (χ1n) is 5.88. The molecule has 0 aliphatic rings. The summed E-state index contributed by atoms with van der Waals surface area (Å²) in [5.74, 6) is -0.179. The number of carboxylic acid groups (broad SMARTS) is 1. The second kappa shape index (κ2) is 6.49. The number of hydrogen-bond donors (Lipinski definition) is 3. The molecule has 6 nitrogen and oxygen atoms in total. The maximum Gasteiger partial charge on any atom is 0.322 e. The molecule has 8 heteroatoms. The van der Waals surface area contributed by atoms with Gasteiger partial charge < -0.3 is 20.5 Å². The number of nitrogens with one attached hydrogen (secondary N) is 2. The molecule has 0 saturated carbocycles. The quantitative estimate of drug-likeness (QED) is 0.729. The maximum atomic E-state index is 10.4. The minimum Gasteiger partial charge on any atom is -0.494 e. The van der Waals surface area contributed by atoms with Crippen LogP contribution in [0.3, 0.4) is 0 Å². The number of rotatable bonds is 5. The molecule has 106 valence electrons. The fraction of sp³-hybridized carbons (Fsp3) is 0.250. The van der Waals surface area contributed by atoms with Gasteiger partial charge in [-0.2, -0.15) is 0 Å². The van der Waals surface area contributed by atoms with Gasteiger partial charge in [0.05, 0.1) is 16.8 Å². The van der Waals surface area contributed by atoms with Crippen LogP contribution in [0.2, 0.25) is 0 Å². The van der Waals surface area contributed by atoms with Crippen LogP contribution in [0, 0.1) is 0 Å². The van der Waals surface area contributed by atoms with E-state index >= 15 is 0 Å². The van der Waals surface area contributed by atoms with E-state index in [9.17, 15) is 4.79 Å². The van der Waals surface area contributed by atoms with Crippen molar-refractivity contribution in [3.8, 4) is 5.75 Å². The minimum absolute atomic E-state index is 0.231. The molecule has 0 atom stereocenters. The van der Waals surface area contributed by atoms with Crippen LogP contribution in [0.1, 0.15) is 6.92 Å². The number of anilines is 1. The lowest BCUT2D eigenvalue weighted by atomic mass is 10.3. The van der Waals surface area contributed by atoms with Gasteiger partial charge in [-0.25, -0.2) is 4.98 Å². The summed E-state index contributed by atoms with van der Waals surface area (Å²) >= 11 is 6.41. The van der Waals surface area contributed by atoms with Crippen molar-refractivity contribution in [1.82, 2.24) is 10.3 Å². The molecular formula is C12H13N3O3S2. The van der Waals surface area contributed by atoms with Crippen molar-refractivity contribution in [1.29, 1.82) is 0 Å². The number of thiazole rings is 1. The molecule has 0 fully saturated rings. The molecular weight excluding hydrogens is 298 g/mol. The van der Waals surface area contributed by atoms with Gasteiger partial charge in [0.2, 0.25) is 0 Å². The van der Waals surface area contributed by atoms with Crippen molar-refractivity contribution in [3.05, 3.63) is 18.2 Å². The smallest absolute Gasteiger partial charge is 0.322 e. The molecule has 0 aliphatic carbocycles. The van der Waals surface area contributed by atoms with Crippen LogP contribution >= 0.6 is 23.6 Å². The number of carboxylic acids is 1. The van der Waals surface area contributed by atoms with Gasteiger partial charge in [-0.3, -0.25) is 4.79 Å². The highest BCUT2D eigenvalue weighted by atomic mass is 32.1. The highest BCUT2D eigenvalue weighted by Crippen LogP contribution is 2.29. The van der Waals surface area contributed by atoms with Gasteiger partial charge in [0.15, 0.2) is 10.2 Å². The summed E-state index contributed by atoms with van der Waals surface area (Å²) in [5, 5.41) is 14.8. The Morgan fingerprint density at radius 2 is 2.35 bits per heavy atom. The molecule has 2 rings (SSSR count). The zero-order valence-corrected chi connectivity index (χ0v) is 12.3. The predicted molar refractivity (Wildman–Crippen MR) is 82.6 cm³/mol. The normalized spacial score (nSPS) is 10.2. The highest BCUT2D eigenvalue weighted by molar-refractivity contribution is 7.80. The third-order valence-electron chi connectivity index (χ3n) is 2.29. The number of aromatic nitrogens is 1. The van der Waals surface area contributed by atoms with Gasteiger partial charge in [0.25, 0.3) is 0 Å². The van der Waals surface area contributed by atoms with E-state index in [4.69, 9.17) is 22.1 Å². The van der Waals surface area contributed by atoms with E-state index in [0.29, 0.717) is 11.7 Å². The molecule has 0 amide bonds. The lowest BCUT2D eigenvalue weighted by molar-refractivity contribution is -0.135. The van der Waals surface area contributed by atoms with Crippen molar-refractivity contribution in [2.45, 2.75) is 6.92 Å². The number of hydrogen-bond acceptors (Lipinski definition) is 5. The monoisotopic (exact) mass is 311 g/mol. The first-order valence-corrected chi connectivity index (χ1v) is 7.11. The van der Waals surface area contributed by atoms with Crippen LogP contribution in [0.15, 0.2) is 18.2 Å². The topological polar surface area (TPSA) is 83.5 Å². The second-order valence-corrected chi connectivity index (χ2v) is 5.22. The Kier molecular flexibility index (Phi) is 4.70. The van der Waals surface area contributed by atoms with Crippen LogP contribution in [-0.2, 0) is 4.79 Å². The molecule has 20 heavy (non-hydrogen) atoms. The van der Waals surface area contributed by atoms with Gasteiger partial charge in [-0.15, -0.1) is 0 Å².